The number of halogens is 1. The van der Waals surface area contributed by atoms with Crippen molar-refractivity contribution in [2.24, 2.45) is 5.73 Å². The first-order valence-electron chi connectivity index (χ1n) is 3.49. The second kappa shape index (κ2) is 2.98. The number of phenolic OH excluding ortho intramolecular Hbond substituents is 2. The lowest BCUT2D eigenvalue weighted by Crippen LogP contribution is -2.04. The largest absolute Gasteiger partial charge is 0.504 e. The zero-order valence-electron chi connectivity index (χ0n) is 6.58. The highest BCUT2D eigenvalue weighted by molar-refractivity contribution is 5.42. The molecule has 0 spiro atoms. The zero-order chi connectivity index (χ0) is 9.30. The van der Waals surface area contributed by atoms with Gasteiger partial charge in [-0.25, -0.2) is 4.39 Å². The first kappa shape index (κ1) is 8.80. The van der Waals surface area contributed by atoms with Gasteiger partial charge in [-0.15, -0.1) is 0 Å². The van der Waals surface area contributed by atoms with Crippen molar-refractivity contribution in [1.29, 1.82) is 0 Å². The molecule has 0 bridgehead atoms. The van der Waals surface area contributed by atoms with Crippen LogP contribution in [0, 0.1) is 5.82 Å². The predicted octanol–water partition coefficient (Wildman–Crippen LogP) is 1.26. The van der Waals surface area contributed by atoms with Crippen molar-refractivity contribution in [3.63, 3.8) is 0 Å². The van der Waals surface area contributed by atoms with Gasteiger partial charge < -0.3 is 15.9 Å². The molecule has 0 aliphatic rings. The van der Waals surface area contributed by atoms with Crippen LogP contribution in [0.3, 0.4) is 0 Å². The maximum Gasteiger partial charge on any atom is 0.194 e. The highest BCUT2D eigenvalue weighted by Gasteiger charge is 2.10. The Hall–Kier alpha value is -1.29. The molecule has 1 unspecified atom stereocenters. The molecule has 1 atom stereocenters. The summed E-state index contributed by atoms with van der Waals surface area (Å²) >= 11 is 0. The highest BCUT2D eigenvalue weighted by atomic mass is 19.1. The molecular formula is C8H10FNO2. The van der Waals surface area contributed by atoms with Gasteiger partial charge in [-0.2, -0.15) is 0 Å². The van der Waals surface area contributed by atoms with Gasteiger partial charge in [0.25, 0.3) is 0 Å². The number of aromatic hydroxyl groups is 2. The van der Waals surface area contributed by atoms with Gasteiger partial charge in [-0.05, 0) is 24.6 Å². The molecule has 0 heterocycles. The standard InChI is InChI=1S/C8H10FNO2/c1-4(10)5-2-6(9)8(12)7(11)3-5/h2-4,11-12H,10H2,1H3. The number of phenols is 2. The molecule has 0 aliphatic heterocycles. The summed E-state index contributed by atoms with van der Waals surface area (Å²) in [7, 11) is 0. The molecule has 0 amide bonds. The van der Waals surface area contributed by atoms with Crippen LogP contribution < -0.4 is 5.73 Å². The van der Waals surface area contributed by atoms with Gasteiger partial charge >= 0.3 is 0 Å². The van der Waals surface area contributed by atoms with E-state index in [-0.39, 0.29) is 6.04 Å². The average molecular weight is 171 g/mol. The average Bonchev–Trinajstić information content (AvgIpc) is 1.99. The second-order valence-corrected chi connectivity index (χ2v) is 2.66. The van der Waals surface area contributed by atoms with Crippen LogP contribution in [0.1, 0.15) is 18.5 Å². The van der Waals surface area contributed by atoms with Crippen LogP contribution in [-0.4, -0.2) is 10.2 Å². The number of hydrogen-bond donors (Lipinski definition) is 3. The first-order chi connectivity index (χ1) is 5.52. The molecule has 12 heavy (non-hydrogen) atoms. The molecule has 1 rings (SSSR count). The van der Waals surface area contributed by atoms with Crippen molar-refractivity contribution < 1.29 is 14.6 Å². The number of nitrogens with two attached hydrogens (primary N) is 1. The van der Waals surface area contributed by atoms with E-state index in [1.807, 2.05) is 0 Å². The number of hydrogen-bond acceptors (Lipinski definition) is 3. The summed E-state index contributed by atoms with van der Waals surface area (Å²) in [5.41, 5.74) is 5.89. The fourth-order valence-electron chi connectivity index (χ4n) is 0.868. The molecule has 0 saturated carbocycles. The first-order valence-corrected chi connectivity index (χ1v) is 3.49. The molecule has 0 fully saturated rings. The van der Waals surface area contributed by atoms with Gasteiger partial charge in [0, 0.05) is 6.04 Å². The highest BCUT2D eigenvalue weighted by Crippen LogP contribution is 2.30. The molecule has 1 aromatic carbocycles. The Balaban J connectivity index is 3.21. The normalized spacial score (nSPS) is 12.9. The van der Waals surface area contributed by atoms with E-state index in [4.69, 9.17) is 15.9 Å². The molecule has 1 aromatic rings. The quantitative estimate of drug-likeness (QED) is 0.557. The van der Waals surface area contributed by atoms with Crippen LogP contribution >= 0.6 is 0 Å². The zero-order valence-corrected chi connectivity index (χ0v) is 6.58. The van der Waals surface area contributed by atoms with Gasteiger partial charge in [0.05, 0.1) is 0 Å². The Morgan fingerprint density at radius 1 is 1.42 bits per heavy atom. The van der Waals surface area contributed by atoms with Gasteiger partial charge in [-0.3, -0.25) is 0 Å². The molecule has 3 nitrogen and oxygen atoms in total. The minimum absolute atomic E-state index is 0.369. The van der Waals surface area contributed by atoms with Gasteiger partial charge in [0.2, 0.25) is 0 Å². The lowest BCUT2D eigenvalue weighted by molar-refractivity contribution is 0.377. The SMILES string of the molecule is CC(N)c1cc(O)c(O)c(F)c1. The molecule has 4 heteroatoms. The van der Waals surface area contributed by atoms with Gasteiger partial charge in [0.15, 0.2) is 17.3 Å². The van der Waals surface area contributed by atoms with Crippen molar-refractivity contribution >= 4 is 0 Å². The summed E-state index contributed by atoms with van der Waals surface area (Å²) in [5.74, 6) is -2.08. The van der Waals surface area contributed by atoms with Crippen molar-refractivity contribution in [1.82, 2.24) is 0 Å². The van der Waals surface area contributed by atoms with E-state index in [1.54, 1.807) is 6.92 Å². The van der Waals surface area contributed by atoms with Crippen LogP contribution in [0.5, 0.6) is 11.5 Å². The van der Waals surface area contributed by atoms with E-state index >= 15 is 0 Å². The Labute approximate surface area is 69.3 Å². The third-order valence-corrected chi connectivity index (χ3v) is 1.59. The molecule has 4 N–H and O–H groups in total. The summed E-state index contributed by atoms with van der Waals surface area (Å²) in [6, 6.07) is 1.97. The van der Waals surface area contributed by atoms with Gasteiger partial charge in [0.1, 0.15) is 0 Å². The summed E-state index contributed by atoms with van der Waals surface area (Å²) in [6.45, 7) is 1.66. The smallest absolute Gasteiger partial charge is 0.194 e. The Bertz CT molecular complexity index is 276. The van der Waals surface area contributed by atoms with E-state index in [2.05, 4.69) is 0 Å². The summed E-state index contributed by atoms with van der Waals surface area (Å²) in [5, 5.41) is 17.8. The van der Waals surface area contributed by atoms with Crippen LogP contribution in [0.15, 0.2) is 12.1 Å². The van der Waals surface area contributed by atoms with Gasteiger partial charge in [-0.1, -0.05) is 0 Å². The topological polar surface area (TPSA) is 66.5 Å². The van der Waals surface area contributed by atoms with E-state index < -0.39 is 17.3 Å². The third-order valence-electron chi connectivity index (χ3n) is 1.59. The molecule has 66 valence electrons. The molecule has 0 aromatic heterocycles. The molecule has 0 aliphatic carbocycles. The van der Waals surface area contributed by atoms with Crippen molar-refractivity contribution in [3.8, 4) is 11.5 Å². The number of benzene rings is 1. The van der Waals surface area contributed by atoms with Crippen molar-refractivity contribution in [2.45, 2.75) is 13.0 Å². The van der Waals surface area contributed by atoms with Crippen LogP contribution in [-0.2, 0) is 0 Å². The van der Waals surface area contributed by atoms with E-state index in [1.165, 1.54) is 6.07 Å². The fourth-order valence-corrected chi connectivity index (χ4v) is 0.868. The maximum absolute atomic E-state index is 12.7. The second-order valence-electron chi connectivity index (χ2n) is 2.66. The van der Waals surface area contributed by atoms with Crippen molar-refractivity contribution in [3.05, 3.63) is 23.5 Å². The Morgan fingerprint density at radius 2 is 2.00 bits per heavy atom. The summed E-state index contributed by atoms with van der Waals surface area (Å²) in [4.78, 5) is 0. The maximum atomic E-state index is 12.7. The lowest BCUT2D eigenvalue weighted by atomic mass is 10.1. The lowest BCUT2D eigenvalue weighted by Gasteiger charge is -2.07. The van der Waals surface area contributed by atoms with E-state index in [0.717, 1.165) is 6.07 Å². The minimum Gasteiger partial charge on any atom is -0.504 e. The minimum atomic E-state index is -0.859. The van der Waals surface area contributed by atoms with E-state index in [0.29, 0.717) is 5.56 Å². The predicted molar refractivity (Wildman–Crippen MR) is 42.3 cm³/mol. The molecular weight excluding hydrogens is 161 g/mol. The van der Waals surface area contributed by atoms with Crippen LogP contribution in [0.4, 0.5) is 4.39 Å². The summed E-state index contributed by atoms with van der Waals surface area (Å²) in [6.07, 6.45) is 0. The fraction of sp³-hybridized carbons (Fsp3) is 0.250. The third kappa shape index (κ3) is 1.48. The molecule has 0 radical (unpaired) electrons. The van der Waals surface area contributed by atoms with Crippen molar-refractivity contribution in [2.75, 3.05) is 0 Å². The molecule has 0 saturated heterocycles. The van der Waals surface area contributed by atoms with E-state index in [9.17, 15) is 4.39 Å². The number of rotatable bonds is 1. The summed E-state index contributed by atoms with van der Waals surface area (Å²) < 4.78 is 12.7. The van der Waals surface area contributed by atoms with Crippen LogP contribution in [0.2, 0.25) is 0 Å². The Kier molecular flexibility index (Phi) is 2.19. The van der Waals surface area contributed by atoms with Crippen LogP contribution in [0.25, 0.3) is 0 Å². The Morgan fingerprint density at radius 3 is 2.42 bits per heavy atom. The monoisotopic (exact) mass is 171 g/mol.